The zero-order valence-electron chi connectivity index (χ0n) is 16.4. The van der Waals surface area contributed by atoms with E-state index in [4.69, 9.17) is 0 Å². The smallest absolute Gasteiger partial charge is 0.240 e. The molecule has 6 nitrogen and oxygen atoms in total. The lowest BCUT2D eigenvalue weighted by molar-refractivity contribution is -0.116. The normalized spacial score (nSPS) is 11.2. The van der Waals surface area contributed by atoms with E-state index in [9.17, 15) is 18.0 Å². The van der Waals surface area contributed by atoms with E-state index in [0.717, 1.165) is 11.3 Å². The number of rotatable bonds is 9. The van der Waals surface area contributed by atoms with Crippen molar-refractivity contribution >= 4 is 38.7 Å². The van der Waals surface area contributed by atoms with Gasteiger partial charge in [0, 0.05) is 29.1 Å². The van der Waals surface area contributed by atoms with Crippen molar-refractivity contribution in [2.45, 2.75) is 31.2 Å². The fourth-order valence-corrected chi connectivity index (χ4v) is 4.75. The summed E-state index contributed by atoms with van der Waals surface area (Å²) in [7, 11) is -3.72. The van der Waals surface area contributed by atoms with Gasteiger partial charge in [0.1, 0.15) is 0 Å². The zero-order chi connectivity index (χ0) is 21.6. The maximum Gasteiger partial charge on any atom is 0.240 e. The molecule has 0 aliphatic rings. The molecule has 0 atom stereocenters. The maximum absolute atomic E-state index is 12.5. The molecule has 0 radical (unpaired) electrons. The van der Waals surface area contributed by atoms with E-state index >= 15 is 0 Å². The van der Waals surface area contributed by atoms with Crippen molar-refractivity contribution in [1.29, 1.82) is 0 Å². The number of carbonyl (C=O) groups is 2. The zero-order valence-corrected chi connectivity index (χ0v) is 18.1. The van der Waals surface area contributed by atoms with Crippen molar-refractivity contribution in [2.24, 2.45) is 0 Å². The third kappa shape index (κ3) is 5.63. The topological polar surface area (TPSA) is 92.3 Å². The maximum atomic E-state index is 12.5. The Morgan fingerprint density at radius 2 is 1.63 bits per heavy atom. The molecule has 156 valence electrons. The molecule has 0 aliphatic carbocycles. The van der Waals surface area contributed by atoms with E-state index in [1.807, 2.05) is 13.0 Å². The molecule has 0 saturated carbocycles. The summed E-state index contributed by atoms with van der Waals surface area (Å²) in [4.78, 5) is 25.5. The van der Waals surface area contributed by atoms with Gasteiger partial charge in [-0.1, -0.05) is 37.3 Å². The Bertz CT molecular complexity index is 1120. The molecule has 2 N–H and O–H groups in total. The summed E-state index contributed by atoms with van der Waals surface area (Å²) in [5, 5.41) is 2.72. The number of sulfonamides is 1. The van der Waals surface area contributed by atoms with Crippen LogP contribution < -0.4 is 10.0 Å². The number of hydrogen-bond donors (Lipinski definition) is 2. The average Bonchev–Trinajstić information content (AvgIpc) is 3.22. The predicted molar refractivity (Wildman–Crippen MR) is 118 cm³/mol. The standard InChI is InChI=1S/C22H22N2O4S2/c1-2-6-21(25)24-17-9-12-19(13-10-17)30(27,28)23-15-18-11-14-20(29-18)22(26)16-7-4-3-5-8-16/h3-5,7-14,23H,2,6,15H2,1H3,(H,24,25). The summed E-state index contributed by atoms with van der Waals surface area (Å²) < 4.78 is 27.6. The Kier molecular flexibility index (Phi) is 7.15. The number of ketones is 1. The van der Waals surface area contributed by atoms with Gasteiger partial charge in [-0.15, -0.1) is 11.3 Å². The Morgan fingerprint density at radius 3 is 2.30 bits per heavy atom. The first-order chi connectivity index (χ1) is 14.4. The molecule has 3 aromatic rings. The fraction of sp³-hybridized carbons (Fsp3) is 0.182. The number of carbonyl (C=O) groups excluding carboxylic acids is 2. The van der Waals surface area contributed by atoms with Crippen LogP contribution in [0.3, 0.4) is 0 Å². The summed E-state index contributed by atoms with van der Waals surface area (Å²) in [6.07, 6.45) is 1.15. The lowest BCUT2D eigenvalue weighted by Crippen LogP contribution is -2.22. The van der Waals surface area contributed by atoms with E-state index in [1.54, 1.807) is 48.5 Å². The number of thiophene rings is 1. The lowest BCUT2D eigenvalue weighted by Gasteiger charge is -2.08. The third-order valence-corrected chi connectivity index (χ3v) is 6.78. The first-order valence-electron chi connectivity index (χ1n) is 9.47. The van der Waals surface area contributed by atoms with Crippen LogP contribution in [0, 0.1) is 0 Å². The molecular formula is C22H22N2O4S2. The minimum atomic E-state index is -3.72. The van der Waals surface area contributed by atoms with E-state index in [-0.39, 0.29) is 23.1 Å². The largest absolute Gasteiger partial charge is 0.326 e. The van der Waals surface area contributed by atoms with Crippen LogP contribution in [-0.4, -0.2) is 20.1 Å². The molecule has 8 heteroatoms. The van der Waals surface area contributed by atoms with E-state index in [0.29, 0.717) is 22.5 Å². The summed E-state index contributed by atoms with van der Waals surface area (Å²) in [6.45, 7) is 2.00. The molecule has 1 heterocycles. The summed E-state index contributed by atoms with van der Waals surface area (Å²) in [5.74, 6) is -0.194. The van der Waals surface area contributed by atoms with Crippen molar-refractivity contribution < 1.29 is 18.0 Å². The summed E-state index contributed by atoms with van der Waals surface area (Å²) >= 11 is 1.26. The molecule has 30 heavy (non-hydrogen) atoms. The van der Waals surface area contributed by atoms with Crippen LogP contribution >= 0.6 is 11.3 Å². The molecule has 0 unspecified atom stereocenters. The first kappa shape index (κ1) is 21.9. The van der Waals surface area contributed by atoms with Crippen molar-refractivity contribution in [1.82, 2.24) is 4.72 Å². The van der Waals surface area contributed by atoms with Gasteiger partial charge in [0.15, 0.2) is 0 Å². The minimum Gasteiger partial charge on any atom is -0.326 e. The molecule has 2 aromatic carbocycles. The summed E-state index contributed by atoms with van der Waals surface area (Å²) in [6, 6.07) is 18.4. The number of anilines is 1. The van der Waals surface area contributed by atoms with Gasteiger partial charge in [0.25, 0.3) is 0 Å². The van der Waals surface area contributed by atoms with Crippen LogP contribution in [0.5, 0.6) is 0 Å². The van der Waals surface area contributed by atoms with Crippen LogP contribution in [0.1, 0.15) is 39.9 Å². The SMILES string of the molecule is CCCC(=O)Nc1ccc(S(=O)(=O)NCc2ccc(C(=O)c3ccccc3)s2)cc1. The van der Waals surface area contributed by atoms with Gasteiger partial charge < -0.3 is 5.32 Å². The van der Waals surface area contributed by atoms with Gasteiger partial charge in [0.05, 0.1) is 9.77 Å². The highest BCUT2D eigenvalue weighted by Crippen LogP contribution is 2.21. The third-order valence-electron chi connectivity index (χ3n) is 4.28. The highest BCUT2D eigenvalue weighted by molar-refractivity contribution is 7.89. The predicted octanol–water partition coefficient (Wildman–Crippen LogP) is 4.20. The summed E-state index contributed by atoms with van der Waals surface area (Å²) in [5.41, 5.74) is 1.15. The second kappa shape index (κ2) is 9.80. The number of nitrogens with one attached hydrogen (secondary N) is 2. The minimum absolute atomic E-state index is 0.0874. The fourth-order valence-electron chi connectivity index (χ4n) is 2.74. The van der Waals surface area contributed by atoms with Crippen LogP contribution in [0.2, 0.25) is 0 Å². The van der Waals surface area contributed by atoms with Gasteiger partial charge >= 0.3 is 0 Å². The van der Waals surface area contributed by atoms with Crippen molar-refractivity contribution in [2.75, 3.05) is 5.32 Å². The van der Waals surface area contributed by atoms with E-state index in [2.05, 4.69) is 10.0 Å². The van der Waals surface area contributed by atoms with Crippen LogP contribution in [0.4, 0.5) is 5.69 Å². The Labute approximate surface area is 180 Å². The quantitative estimate of drug-likeness (QED) is 0.486. The molecule has 0 bridgehead atoms. The van der Waals surface area contributed by atoms with E-state index < -0.39 is 10.0 Å². The van der Waals surface area contributed by atoms with Gasteiger partial charge in [-0.05, 0) is 42.8 Å². The lowest BCUT2D eigenvalue weighted by atomic mass is 10.1. The highest BCUT2D eigenvalue weighted by atomic mass is 32.2. The Morgan fingerprint density at radius 1 is 0.933 bits per heavy atom. The second-order valence-electron chi connectivity index (χ2n) is 6.61. The molecule has 0 saturated heterocycles. The van der Waals surface area contributed by atoms with Gasteiger partial charge in [-0.3, -0.25) is 9.59 Å². The van der Waals surface area contributed by atoms with Crippen molar-refractivity contribution in [3.63, 3.8) is 0 Å². The molecule has 0 fully saturated rings. The molecule has 1 amide bonds. The highest BCUT2D eigenvalue weighted by Gasteiger charge is 2.16. The van der Waals surface area contributed by atoms with Crippen LogP contribution in [0.15, 0.2) is 71.6 Å². The van der Waals surface area contributed by atoms with Gasteiger partial charge in [0.2, 0.25) is 21.7 Å². The Balaban J connectivity index is 1.62. The van der Waals surface area contributed by atoms with Crippen molar-refractivity contribution in [3.05, 3.63) is 82.0 Å². The number of benzene rings is 2. The molecule has 0 spiro atoms. The molecule has 0 aliphatic heterocycles. The molecule has 1 aromatic heterocycles. The van der Waals surface area contributed by atoms with Gasteiger partial charge in [-0.25, -0.2) is 13.1 Å². The van der Waals surface area contributed by atoms with E-state index in [1.165, 1.54) is 23.5 Å². The monoisotopic (exact) mass is 442 g/mol. The van der Waals surface area contributed by atoms with Crippen LogP contribution in [-0.2, 0) is 21.4 Å². The first-order valence-corrected chi connectivity index (χ1v) is 11.8. The number of amides is 1. The van der Waals surface area contributed by atoms with Crippen molar-refractivity contribution in [3.8, 4) is 0 Å². The Hall–Kier alpha value is -2.81. The van der Waals surface area contributed by atoms with Crippen LogP contribution in [0.25, 0.3) is 0 Å². The second-order valence-corrected chi connectivity index (χ2v) is 9.54. The number of hydrogen-bond acceptors (Lipinski definition) is 5. The molecular weight excluding hydrogens is 420 g/mol. The van der Waals surface area contributed by atoms with Gasteiger partial charge in [-0.2, -0.15) is 0 Å². The average molecular weight is 443 g/mol. The molecule has 3 rings (SSSR count).